The Morgan fingerprint density at radius 1 is 1.00 bits per heavy atom. The summed E-state index contributed by atoms with van der Waals surface area (Å²) in [7, 11) is 0. The van der Waals surface area contributed by atoms with Gasteiger partial charge in [0.25, 0.3) is 0 Å². The second-order valence-corrected chi connectivity index (χ2v) is 6.17. The van der Waals surface area contributed by atoms with E-state index >= 15 is 0 Å². The molecule has 2 fully saturated rings. The van der Waals surface area contributed by atoms with Gasteiger partial charge < -0.3 is 5.73 Å². The summed E-state index contributed by atoms with van der Waals surface area (Å²) in [5, 5.41) is 0. The molecule has 1 aliphatic heterocycles. The van der Waals surface area contributed by atoms with Gasteiger partial charge in [-0.25, -0.2) is 0 Å². The van der Waals surface area contributed by atoms with Crippen LogP contribution in [-0.2, 0) is 0 Å². The first-order chi connectivity index (χ1) is 7.70. The molecular formula is C14H28N2. The summed E-state index contributed by atoms with van der Waals surface area (Å²) in [5.74, 6) is 1.84. The van der Waals surface area contributed by atoms with Crippen molar-refractivity contribution in [3.63, 3.8) is 0 Å². The summed E-state index contributed by atoms with van der Waals surface area (Å²) in [6, 6.07) is 1.51. The number of nitrogens with zero attached hydrogens (tertiary/aromatic N) is 1. The van der Waals surface area contributed by atoms with Gasteiger partial charge in [-0.2, -0.15) is 0 Å². The summed E-state index contributed by atoms with van der Waals surface area (Å²) in [6.07, 6.45) is 8.37. The highest BCUT2D eigenvalue weighted by molar-refractivity contribution is 4.87. The van der Waals surface area contributed by atoms with Gasteiger partial charge >= 0.3 is 0 Å². The third-order valence-corrected chi connectivity index (χ3v) is 4.75. The SMILES string of the molecule is CC1CCC(N2CCC(C)CC2CN)CC1. The molecule has 2 unspecified atom stereocenters. The molecule has 2 atom stereocenters. The Hall–Kier alpha value is -0.0800. The van der Waals surface area contributed by atoms with Crippen molar-refractivity contribution in [3.8, 4) is 0 Å². The van der Waals surface area contributed by atoms with Crippen LogP contribution < -0.4 is 5.73 Å². The molecule has 0 radical (unpaired) electrons. The van der Waals surface area contributed by atoms with Crippen LogP contribution in [0.25, 0.3) is 0 Å². The molecule has 16 heavy (non-hydrogen) atoms. The van der Waals surface area contributed by atoms with Crippen molar-refractivity contribution in [2.45, 2.75) is 64.5 Å². The normalized spacial score (nSPS) is 42.2. The van der Waals surface area contributed by atoms with Crippen LogP contribution >= 0.6 is 0 Å². The van der Waals surface area contributed by atoms with Crippen molar-refractivity contribution in [2.24, 2.45) is 17.6 Å². The molecule has 2 aliphatic rings. The van der Waals surface area contributed by atoms with E-state index < -0.39 is 0 Å². The van der Waals surface area contributed by atoms with E-state index in [4.69, 9.17) is 5.73 Å². The van der Waals surface area contributed by atoms with E-state index in [2.05, 4.69) is 18.7 Å². The molecule has 1 heterocycles. The smallest absolute Gasteiger partial charge is 0.0223 e. The van der Waals surface area contributed by atoms with Crippen LogP contribution in [0.1, 0.15) is 52.4 Å². The molecule has 1 saturated carbocycles. The van der Waals surface area contributed by atoms with E-state index in [0.29, 0.717) is 6.04 Å². The molecule has 1 aliphatic carbocycles. The van der Waals surface area contributed by atoms with Crippen LogP contribution in [0.4, 0.5) is 0 Å². The molecule has 0 amide bonds. The van der Waals surface area contributed by atoms with Gasteiger partial charge in [-0.3, -0.25) is 4.90 Å². The predicted octanol–water partition coefficient (Wildman–Crippen LogP) is 2.62. The van der Waals surface area contributed by atoms with Crippen LogP contribution in [0.5, 0.6) is 0 Å². The average Bonchev–Trinajstić information content (AvgIpc) is 2.30. The van der Waals surface area contributed by atoms with E-state index in [1.807, 2.05) is 0 Å². The van der Waals surface area contributed by atoms with Crippen molar-refractivity contribution in [3.05, 3.63) is 0 Å². The van der Waals surface area contributed by atoms with Gasteiger partial charge in [0.1, 0.15) is 0 Å². The Kier molecular flexibility index (Phi) is 4.26. The summed E-state index contributed by atoms with van der Waals surface area (Å²) >= 11 is 0. The number of likely N-dealkylation sites (tertiary alicyclic amines) is 1. The van der Waals surface area contributed by atoms with Crippen LogP contribution in [0.3, 0.4) is 0 Å². The van der Waals surface area contributed by atoms with Gasteiger partial charge in [0.15, 0.2) is 0 Å². The van der Waals surface area contributed by atoms with Crippen LogP contribution in [0.15, 0.2) is 0 Å². The van der Waals surface area contributed by atoms with E-state index in [1.54, 1.807) is 0 Å². The van der Waals surface area contributed by atoms with Gasteiger partial charge in [0, 0.05) is 18.6 Å². The third kappa shape index (κ3) is 2.78. The lowest BCUT2D eigenvalue weighted by atomic mass is 9.83. The summed E-state index contributed by atoms with van der Waals surface area (Å²) in [6.45, 7) is 6.93. The first kappa shape index (κ1) is 12.4. The molecule has 0 aromatic carbocycles. The molecule has 2 nitrogen and oxygen atoms in total. The zero-order valence-electron chi connectivity index (χ0n) is 11.0. The topological polar surface area (TPSA) is 29.3 Å². The number of hydrogen-bond donors (Lipinski definition) is 1. The Balaban J connectivity index is 1.91. The number of nitrogens with two attached hydrogens (primary N) is 1. The lowest BCUT2D eigenvalue weighted by molar-refractivity contribution is 0.0507. The standard InChI is InChI=1S/C14H28N2/c1-11-3-5-13(6-4-11)16-8-7-12(2)9-14(16)10-15/h11-14H,3-10,15H2,1-2H3. The van der Waals surface area contributed by atoms with Crippen molar-refractivity contribution in [1.29, 1.82) is 0 Å². The maximum atomic E-state index is 5.95. The van der Waals surface area contributed by atoms with Crippen LogP contribution in [0, 0.1) is 11.8 Å². The zero-order valence-corrected chi connectivity index (χ0v) is 11.0. The molecule has 2 rings (SSSR count). The average molecular weight is 224 g/mol. The second-order valence-electron chi connectivity index (χ2n) is 6.17. The fourth-order valence-electron chi connectivity index (χ4n) is 3.56. The maximum Gasteiger partial charge on any atom is 0.0223 e. The molecule has 0 spiro atoms. The Labute approximate surface area is 101 Å². The molecular weight excluding hydrogens is 196 g/mol. The van der Waals surface area contributed by atoms with Gasteiger partial charge in [-0.1, -0.05) is 13.8 Å². The van der Waals surface area contributed by atoms with E-state index in [1.165, 1.54) is 45.1 Å². The summed E-state index contributed by atoms with van der Waals surface area (Å²) < 4.78 is 0. The molecule has 0 aromatic heterocycles. The Bertz CT molecular complexity index is 209. The van der Waals surface area contributed by atoms with Gasteiger partial charge in [-0.15, -0.1) is 0 Å². The minimum Gasteiger partial charge on any atom is -0.329 e. The molecule has 94 valence electrons. The van der Waals surface area contributed by atoms with E-state index in [-0.39, 0.29) is 0 Å². The van der Waals surface area contributed by atoms with Crippen LogP contribution in [-0.4, -0.2) is 30.1 Å². The third-order valence-electron chi connectivity index (χ3n) is 4.75. The summed E-state index contributed by atoms with van der Waals surface area (Å²) in [4.78, 5) is 2.74. The molecule has 0 aromatic rings. The van der Waals surface area contributed by atoms with Gasteiger partial charge in [-0.05, 0) is 56.9 Å². The van der Waals surface area contributed by atoms with Crippen molar-refractivity contribution in [2.75, 3.05) is 13.1 Å². The lowest BCUT2D eigenvalue weighted by Gasteiger charge is -2.45. The Morgan fingerprint density at radius 2 is 1.69 bits per heavy atom. The van der Waals surface area contributed by atoms with Gasteiger partial charge in [0.05, 0.1) is 0 Å². The minimum absolute atomic E-state index is 0.669. The molecule has 2 N–H and O–H groups in total. The van der Waals surface area contributed by atoms with Gasteiger partial charge in [0.2, 0.25) is 0 Å². The van der Waals surface area contributed by atoms with E-state index in [0.717, 1.165) is 24.4 Å². The monoisotopic (exact) mass is 224 g/mol. The highest BCUT2D eigenvalue weighted by Crippen LogP contribution is 2.32. The lowest BCUT2D eigenvalue weighted by Crippen LogP contribution is -2.52. The number of piperidine rings is 1. The maximum absolute atomic E-state index is 5.95. The first-order valence-electron chi connectivity index (χ1n) is 7.16. The predicted molar refractivity (Wildman–Crippen MR) is 69.4 cm³/mol. The number of rotatable bonds is 2. The highest BCUT2D eigenvalue weighted by Gasteiger charge is 2.32. The second kappa shape index (κ2) is 5.50. The van der Waals surface area contributed by atoms with E-state index in [9.17, 15) is 0 Å². The fraction of sp³-hybridized carbons (Fsp3) is 1.00. The highest BCUT2D eigenvalue weighted by atomic mass is 15.2. The summed E-state index contributed by atoms with van der Waals surface area (Å²) in [5.41, 5.74) is 5.95. The van der Waals surface area contributed by atoms with Crippen molar-refractivity contribution >= 4 is 0 Å². The quantitative estimate of drug-likeness (QED) is 0.781. The molecule has 2 heteroatoms. The fourth-order valence-corrected chi connectivity index (χ4v) is 3.56. The Morgan fingerprint density at radius 3 is 2.31 bits per heavy atom. The zero-order chi connectivity index (χ0) is 11.5. The largest absolute Gasteiger partial charge is 0.329 e. The van der Waals surface area contributed by atoms with Crippen molar-refractivity contribution in [1.82, 2.24) is 4.90 Å². The number of hydrogen-bond acceptors (Lipinski definition) is 2. The minimum atomic E-state index is 0.669. The molecule has 1 saturated heterocycles. The first-order valence-corrected chi connectivity index (χ1v) is 7.16. The van der Waals surface area contributed by atoms with Crippen molar-refractivity contribution < 1.29 is 0 Å². The molecule has 0 bridgehead atoms. The van der Waals surface area contributed by atoms with Crippen LogP contribution in [0.2, 0.25) is 0 Å².